The van der Waals surface area contributed by atoms with Crippen LogP contribution in [0.5, 0.6) is 0 Å². The molecule has 4 heteroatoms. The third-order valence-electron chi connectivity index (χ3n) is 8.27. The molecule has 8 bridgehead atoms. The monoisotopic (exact) mass is 554 g/mol. The van der Waals surface area contributed by atoms with Crippen LogP contribution in [-0.2, 0) is 25.7 Å². The lowest BCUT2D eigenvalue weighted by atomic mass is 9.82. The van der Waals surface area contributed by atoms with Crippen molar-refractivity contribution in [1.29, 1.82) is 0 Å². The topological polar surface area (TPSA) is 57.4 Å². The first kappa shape index (κ1) is 28.0. The second-order valence-corrected chi connectivity index (χ2v) is 11.6. The van der Waals surface area contributed by atoms with E-state index in [4.69, 9.17) is 9.97 Å². The number of hydrogen-bond donors (Lipinski definition) is 2. The highest BCUT2D eigenvalue weighted by molar-refractivity contribution is 5.93. The zero-order chi connectivity index (χ0) is 29.1. The van der Waals surface area contributed by atoms with Gasteiger partial charge in [0.1, 0.15) is 0 Å². The zero-order valence-electron chi connectivity index (χ0n) is 25.5. The first-order valence-corrected chi connectivity index (χ1v) is 15.8. The number of fused-ring (bicyclic) bond motifs is 8. The van der Waals surface area contributed by atoms with Gasteiger partial charge in [0.25, 0.3) is 0 Å². The van der Waals surface area contributed by atoms with Gasteiger partial charge < -0.3 is 9.97 Å². The molecule has 0 fully saturated rings. The fraction of sp³-hybridized carbons (Fsp3) is 0.316. The average molecular weight is 555 g/mol. The second kappa shape index (κ2) is 12.4. The summed E-state index contributed by atoms with van der Waals surface area (Å²) in [5.74, 6) is 0. The lowest BCUT2D eigenvalue weighted by Gasteiger charge is -2.23. The van der Waals surface area contributed by atoms with Crippen molar-refractivity contribution in [3.8, 4) is 11.1 Å². The van der Waals surface area contributed by atoms with E-state index in [2.05, 4.69) is 110 Å². The van der Waals surface area contributed by atoms with Crippen LogP contribution in [0.15, 0.2) is 48.5 Å². The Morgan fingerprint density at radius 2 is 1.07 bits per heavy atom. The zero-order valence-corrected chi connectivity index (χ0v) is 25.5. The molecular weight excluding hydrogens is 512 g/mol. The van der Waals surface area contributed by atoms with Crippen LogP contribution in [-0.4, -0.2) is 19.9 Å². The molecule has 6 rings (SSSR count). The van der Waals surface area contributed by atoms with Gasteiger partial charge in [-0.2, -0.15) is 0 Å². The van der Waals surface area contributed by atoms with Gasteiger partial charge >= 0.3 is 0 Å². The van der Waals surface area contributed by atoms with E-state index in [0.29, 0.717) is 0 Å². The summed E-state index contributed by atoms with van der Waals surface area (Å²) < 4.78 is 0. The van der Waals surface area contributed by atoms with Gasteiger partial charge in [0.15, 0.2) is 0 Å². The summed E-state index contributed by atoms with van der Waals surface area (Å²) in [7, 11) is 0. The Balaban J connectivity index is 1.72. The number of rotatable bonds is 9. The van der Waals surface area contributed by atoms with Crippen molar-refractivity contribution < 1.29 is 0 Å². The first-order chi connectivity index (χ1) is 20.6. The maximum atomic E-state index is 5.22. The van der Waals surface area contributed by atoms with E-state index in [-0.39, 0.29) is 0 Å². The molecule has 5 heterocycles. The molecule has 42 heavy (non-hydrogen) atoms. The number of hydrogen-bond acceptors (Lipinski definition) is 2. The standard InChI is InChI=1S/C38H42N4/c1-5-9-25-21-35(34(12-8-4)33(11-7-3)32(25)10-6-2)38-36-19-17-30(41-36)23-28-15-13-26(39-28)22-27-14-16-29(40-27)24-31-18-20-37(38)42-31/h13-24,39,42H,5-12H2,1-4H3. The largest absolute Gasteiger partial charge is 0.355 e. The predicted molar refractivity (Wildman–Crippen MR) is 180 cm³/mol. The number of benzene rings is 1. The minimum absolute atomic E-state index is 0.942. The Labute approximate surface area is 249 Å². The van der Waals surface area contributed by atoms with Crippen LogP contribution in [0.2, 0.25) is 0 Å². The molecule has 214 valence electrons. The van der Waals surface area contributed by atoms with Crippen LogP contribution in [0, 0.1) is 0 Å². The molecule has 4 nitrogen and oxygen atoms in total. The fourth-order valence-corrected chi connectivity index (χ4v) is 6.54. The fourth-order valence-electron chi connectivity index (χ4n) is 6.54. The Bertz CT molecular complexity index is 1830. The highest BCUT2D eigenvalue weighted by Crippen LogP contribution is 2.38. The van der Waals surface area contributed by atoms with Gasteiger partial charge in [-0.25, -0.2) is 9.97 Å². The van der Waals surface area contributed by atoms with Crippen LogP contribution in [0.4, 0.5) is 0 Å². The van der Waals surface area contributed by atoms with Crippen LogP contribution < -0.4 is 0 Å². The molecule has 1 aromatic carbocycles. The third kappa shape index (κ3) is 5.63. The van der Waals surface area contributed by atoms with Gasteiger partial charge in [0.05, 0.1) is 22.8 Å². The van der Waals surface area contributed by atoms with Crippen molar-refractivity contribution in [1.82, 2.24) is 19.9 Å². The highest BCUT2D eigenvalue weighted by Gasteiger charge is 2.21. The van der Waals surface area contributed by atoms with Gasteiger partial charge in [0.2, 0.25) is 0 Å². The lowest BCUT2D eigenvalue weighted by molar-refractivity contribution is 0.803. The molecule has 2 N–H and O–H groups in total. The van der Waals surface area contributed by atoms with Crippen LogP contribution in [0.25, 0.3) is 57.5 Å². The number of nitrogens with one attached hydrogen (secondary N) is 2. The molecule has 0 saturated heterocycles. The molecule has 0 unspecified atom stereocenters. The number of aryl methyl sites for hydroxylation is 1. The summed E-state index contributed by atoms with van der Waals surface area (Å²) in [5.41, 5.74) is 16.8. The summed E-state index contributed by atoms with van der Waals surface area (Å²) in [6.45, 7) is 9.24. The Morgan fingerprint density at radius 3 is 1.74 bits per heavy atom. The maximum absolute atomic E-state index is 5.22. The third-order valence-corrected chi connectivity index (χ3v) is 8.27. The molecule has 4 aromatic rings. The van der Waals surface area contributed by atoms with Crippen molar-refractivity contribution in [2.45, 2.75) is 79.1 Å². The van der Waals surface area contributed by atoms with E-state index < -0.39 is 0 Å². The van der Waals surface area contributed by atoms with Gasteiger partial charge in [-0.05, 0) is 120 Å². The van der Waals surface area contributed by atoms with Gasteiger partial charge in [-0.15, -0.1) is 0 Å². The van der Waals surface area contributed by atoms with E-state index >= 15 is 0 Å². The van der Waals surface area contributed by atoms with Crippen molar-refractivity contribution in [2.75, 3.05) is 0 Å². The number of aromatic nitrogens is 4. The van der Waals surface area contributed by atoms with E-state index in [1.807, 2.05) is 0 Å². The average Bonchev–Trinajstić information content (AvgIpc) is 3.79. The van der Waals surface area contributed by atoms with E-state index in [1.54, 1.807) is 11.1 Å². The minimum atomic E-state index is 0.942. The van der Waals surface area contributed by atoms with Crippen LogP contribution >= 0.6 is 0 Å². The van der Waals surface area contributed by atoms with Gasteiger partial charge in [-0.3, -0.25) is 0 Å². The van der Waals surface area contributed by atoms with E-state index in [9.17, 15) is 0 Å². The Hall–Kier alpha value is -4.18. The molecule has 0 atom stereocenters. The van der Waals surface area contributed by atoms with Crippen molar-refractivity contribution in [3.05, 3.63) is 93.6 Å². The molecular formula is C38H42N4. The summed E-state index contributed by atoms with van der Waals surface area (Å²) in [6, 6.07) is 17.5. The van der Waals surface area contributed by atoms with Gasteiger partial charge in [-0.1, -0.05) is 59.4 Å². The van der Waals surface area contributed by atoms with Crippen LogP contribution in [0.3, 0.4) is 0 Å². The molecule has 3 aromatic heterocycles. The molecule has 0 radical (unpaired) electrons. The SMILES string of the molecule is CCCc1cc(-c2c3nc(cc4ccc(cc5nc(cc6ccc2[nH]6)C=C5)[nH]4)C=C3)c(CCC)c(CCC)c1CCC. The molecule has 0 aliphatic carbocycles. The number of H-pyrrole nitrogens is 2. The predicted octanol–water partition coefficient (Wildman–Crippen LogP) is 10.1. The second-order valence-electron chi connectivity index (χ2n) is 11.6. The highest BCUT2D eigenvalue weighted by atomic mass is 14.8. The lowest BCUT2D eigenvalue weighted by Crippen LogP contribution is -2.08. The number of aromatic amines is 2. The smallest absolute Gasteiger partial charge is 0.0737 e. The quantitative estimate of drug-likeness (QED) is 0.187. The Morgan fingerprint density at radius 1 is 0.524 bits per heavy atom. The maximum Gasteiger partial charge on any atom is 0.0737 e. The first-order valence-electron chi connectivity index (χ1n) is 15.8. The molecule has 0 saturated carbocycles. The summed E-state index contributed by atoms with van der Waals surface area (Å²) in [6.07, 6.45) is 17.5. The van der Waals surface area contributed by atoms with Gasteiger partial charge in [0, 0.05) is 27.6 Å². The summed E-state index contributed by atoms with van der Waals surface area (Å²) in [5, 5.41) is 0. The van der Waals surface area contributed by atoms with E-state index in [0.717, 1.165) is 89.8 Å². The molecule has 2 aliphatic rings. The summed E-state index contributed by atoms with van der Waals surface area (Å²) >= 11 is 0. The van der Waals surface area contributed by atoms with Crippen molar-refractivity contribution in [3.63, 3.8) is 0 Å². The van der Waals surface area contributed by atoms with Crippen LogP contribution in [0.1, 0.15) is 98.4 Å². The van der Waals surface area contributed by atoms with E-state index in [1.165, 1.54) is 28.7 Å². The summed E-state index contributed by atoms with van der Waals surface area (Å²) in [4.78, 5) is 17.3. The molecule has 2 aliphatic heterocycles. The molecule has 0 amide bonds. The van der Waals surface area contributed by atoms with Crippen molar-refractivity contribution in [2.24, 2.45) is 0 Å². The normalized spacial score (nSPS) is 12.4. The molecule has 0 spiro atoms. The Kier molecular flexibility index (Phi) is 8.23. The number of nitrogens with zero attached hydrogens (tertiary/aromatic N) is 2. The minimum Gasteiger partial charge on any atom is -0.355 e. The van der Waals surface area contributed by atoms with Crippen molar-refractivity contribution >= 4 is 46.4 Å².